The molecule has 0 aliphatic heterocycles. The van der Waals surface area contributed by atoms with E-state index in [1.807, 2.05) is 66.8 Å². The average Bonchev–Trinajstić information content (AvgIpc) is 3.18. The van der Waals surface area contributed by atoms with Gasteiger partial charge in [-0.15, -0.1) is 0 Å². The van der Waals surface area contributed by atoms with E-state index in [1.54, 1.807) is 7.05 Å². The number of aliphatic imine (C=N–C) groups is 1. The first-order chi connectivity index (χ1) is 16.0. The van der Waals surface area contributed by atoms with E-state index in [0.717, 1.165) is 28.2 Å². The third-order valence-corrected chi connectivity index (χ3v) is 5.61. The van der Waals surface area contributed by atoms with Gasteiger partial charge in [0.25, 0.3) is 5.91 Å². The Bertz CT molecular complexity index is 1100. The molecule has 33 heavy (non-hydrogen) atoms. The molecule has 3 aromatic rings. The standard InChI is InChI=1S/C26H34N6O/c1-6-31(7-2)25(33)22-14-12-21(13-15-22)17-28-26(27-5)29-18-23-10-8-9-11-24(23)32-20(4)16-19(3)30-32/h8-16H,6-7,17-18H2,1-5H3,(H2,27,28,29). The molecule has 0 saturated heterocycles. The highest BCUT2D eigenvalue weighted by atomic mass is 16.2. The lowest BCUT2D eigenvalue weighted by Crippen LogP contribution is -2.36. The van der Waals surface area contributed by atoms with Gasteiger partial charge in [-0.1, -0.05) is 30.3 Å². The predicted octanol–water partition coefficient (Wildman–Crippen LogP) is 3.84. The SMILES string of the molecule is CCN(CC)C(=O)c1ccc(CNC(=NC)NCc2ccccc2-n2nc(C)cc2C)cc1. The zero-order chi connectivity index (χ0) is 23.8. The summed E-state index contributed by atoms with van der Waals surface area (Å²) in [6.07, 6.45) is 0. The summed E-state index contributed by atoms with van der Waals surface area (Å²) in [5, 5.41) is 11.4. The fraction of sp³-hybridized carbons (Fsp3) is 0.346. The average molecular weight is 447 g/mol. The second-order valence-corrected chi connectivity index (χ2v) is 7.92. The third-order valence-electron chi connectivity index (χ3n) is 5.61. The van der Waals surface area contributed by atoms with Crippen molar-refractivity contribution in [3.05, 3.63) is 82.7 Å². The molecular formula is C26H34N6O. The van der Waals surface area contributed by atoms with Crippen molar-refractivity contribution in [3.63, 3.8) is 0 Å². The molecule has 2 N–H and O–H groups in total. The van der Waals surface area contributed by atoms with Crippen LogP contribution in [0.25, 0.3) is 5.69 Å². The minimum Gasteiger partial charge on any atom is -0.352 e. The Morgan fingerprint density at radius 2 is 1.67 bits per heavy atom. The Balaban J connectivity index is 1.60. The Labute approximate surface area is 196 Å². The number of nitrogens with one attached hydrogen (secondary N) is 2. The predicted molar refractivity (Wildman–Crippen MR) is 134 cm³/mol. The number of carbonyl (C=O) groups is 1. The van der Waals surface area contributed by atoms with E-state index in [4.69, 9.17) is 0 Å². The van der Waals surface area contributed by atoms with E-state index >= 15 is 0 Å². The van der Waals surface area contributed by atoms with Crippen LogP contribution in [0.4, 0.5) is 0 Å². The van der Waals surface area contributed by atoms with Crippen LogP contribution in [0.15, 0.2) is 59.6 Å². The number of amides is 1. The highest BCUT2D eigenvalue weighted by molar-refractivity contribution is 5.94. The number of nitrogens with zero attached hydrogens (tertiary/aromatic N) is 4. The van der Waals surface area contributed by atoms with Crippen molar-refractivity contribution >= 4 is 11.9 Å². The van der Waals surface area contributed by atoms with Crippen LogP contribution in [-0.4, -0.2) is 46.7 Å². The lowest BCUT2D eigenvalue weighted by atomic mass is 10.1. The molecule has 0 saturated carbocycles. The molecule has 1 aromatic heterocycles. The highest BCUT2D eigenvalue weighted by Crippen LogP contribution is 2.17. The van der Waals surface area contributed by atoms with Crippen LogP contribution in [0.2, 0.25) is 0 Å². The molecule has 0 aliphatic rings. The van der Waals surface area contributed by atoms with Gasteiger partial charge >= 0.3 is 0 Å². The van der Waals surface area contributed by atoms with E-state index in [1.165, 1.54) is 0 Å². The molecule has 7 heteroatoms. The Hall–Kier alpha value is -3.61. The van der Waals surface area contributed by atoms with Crippen molar-refractivity contribution in [2.75, 3.05) is 20.1 Å². The van der Waals surface area contributed by atoms with Crippen molar-refractivity contribution < 1.29 is 4.79 Å². The first-order valence-electron chi connectivity index (χ1n) is 11.4. The minimum atomic E-state index is 0.0678. The molecule has 0 atom stereocenters. The molecule has 1 heterocycles. The van der Waals surface area contributed by atoms with Crippen LogP contribution < -0.4 is 10.6 Å². The lowest BCUT2D eigenvalue weighted by molar-refractivity contribution is 0.0773. The van der Waals surface area contributed by atoms with Gasteiger partial charge in [-0.3, -0.25) is 9.79 Å². The molecule has 1 amide bonds. The van der Waals surface area contributed by atoms with E-state index in [0.29, 0.717) is 37.7 Å². The second-order valence-electron chi connectivity index (χ2n) is 7.92. The summed E-state index contributed by atoms with van der Waals surface area (Å²) in [6, 6.07) is 18.0. The maximum atomic E-state index is 12.5. The van der Waals surface area contributed by atoms with Gasteiger partial charge in [0.2, 0.25) is 0 Å². The maximum Gasteiger partial charge on any atom is 0.253 e. The van der Waals surface area contributed by atoms with Crippen molar-refractivity contribution in [2.24, 2.45) is 4.99 Å². The molecule has 174 valence electrons. The Kier molecular flexibility index (Phi) is 8.24. The maximum absolute atomic E-state index is 12.5. The molecule has 0 spiro atoms. The number of para-hydroxylation sites is 1. The molecule has 0 fully saturated rings. The van der Waals surface area contributed by atoms with E-state index in [9.17, 15) is 4.79 Å². The summed E-state index contributed by atoms with van der Waals surface area (Å²) < 4.78 is 1.98. The van der Waals surface area contributed by atoms with Crippen LogP contribution in [-0.2, 0) is 13.1 Å². The summed E-state index contributed by atoms with van der Waals surface area (Å²) in [7, 11) is 1.76. The van der Waals surface area contributed by atoms with Gasteiger partial charge in [-0.25, -0.2) is 4.68 Å². The van der Waals surface area contributed by atoms with Gasteiger partial charge in [-0.05, 0) is 63.1 Å². The van der Waals surface area contributed by atoms with Gasteiger partial charge in [-0.2, -0.15) is 5.10 Å². The zero-order valence-electron chi connectivity index (χ0n) is 20.2. The second kappa shape index (κ2) is 11.3. The minimum absolute atomic E-state index is 0.0678. The number of benzene rings is 2. The molecule has 0 unspecified atom stereocenters. The van der Waals surface area contributed by atoms with Crippen molar-refractivity contribution in [1.82, 2.24) is 25.3 Å². The number of aromatic nitrogens is 2. The fourth-order valence-electron chi connectivity index (χ4n) is 3.78. The van der Waals surface area contributed by atoms with E-state index < -0.39 is 0 Å². The number of aryl methyl sites for hydroxylation is 2. The largest absolute Gasteiger partial charge is 0.352 e. The first-order valence-corrected chi connectivity index (χ1v) is 11.4. The molecule has 0 radical (unpaired) electrons. The topological polar surface area (TPSA) is 74.6 Å². The zero-order valence-corrected chi connectivity index (χ0v) is 20.2. The fourth-order valence-corrected chi connectivity index (χ4v) is 3.78. The summed E-state index contributed by atoms with van der Waals surface area (Å²) in [5.41, 5.74) is 6.08. The third kappa shape index (κ3) is 6.00. The van der Waals surface area contributed by atoms with Gasteiger partial charge in [0.05, 0.1) is 11.4 Å². The summed E-state index contributed by atoms with van der Waals surface area (Å²) in [5.74, 6) is 0.778. The number of hydrogen-bond acceptors (Lipinski definition) is 3. The molecule has 7 nitrogen and oxygen atoms in total. The van der Waals surface area contributed by atoms with Crippen LogP contribution in [0, 0.1) is 13.8 Å². The number of rotatable bonds is 8. The first kappa shape index (κ1) is 24.0. The van der Waals surface area contributed by atoms with Crippen molar-refractivity contribution in [2.45, 2.75) is 40.8 Å². The smallest absolute Gasteiger partial charge is 0.253 e. The van der Waals surface area contributed by atoms with Gasteiger partial charge < -0.3 is 15.5 Å². The van der Waals surface area contributed by atoms with Crippen molar-refractivity contribution in [1.29, 1.82) is 0 Å². The number of guanidine groups is 1. The summed E-state index contributed by atoms with van der Waals surface area (Å²) >= 11 is 0. The van der Waals surface area contributed by atoms with E-state index in [2.05, 4.69) is 45.8 Å². The number of hydrogen-bond donors (Lipinski definition) is 2. The molecule has 3 rings (SSSR count). The van der Waals surface area contributed by atoms with Gasteiger partial charge in [0.15, 0.2) is 5.96 Å². The molecular weight excluding hydrogens is 412 g/mol. The summed E-state index contributed by atoms with van der Waals surface area (Å²) in [4.78, 5) is 18.6. The van der Waals surface area contributed by atoms with Crippen LogP contribution in [0.3, 0.4) is 0 Å². The van der Waals surface area contributed by atoms with Crippen LogP contribution in [0.5, 0.6) is 0 Å². The number of carbonyl (C=O) groups excluding carboxylic acids is 1. The highest BCUT2D eigenvalue weighted by Gasteiger charge is 2.12. The van der Waals surface area contributed by atoms with Gasteiger partial charge in [0.1, 0.15) is 0 Å². The molecule has 0 bridgehead atoms. The monoisotopic (exact) mass is 446 g/mol. The quantitative estimate of drug-likeness (QED) is 0.407. The Morgan fingerprint density at radius 3 is 2.27 bits per heavy atom. The lowest BCUT2D eigenvalue weighted by Gasteiger charge is -2.18. The van der Waals surface area contributed by atoms with Crippen LogP contribution in [0.1, 0.15) is 46.7 Å². The van der Waals surface area contributed by atoms with Crippen molar-refractivity contribution in [3.8, 4) is 5.69 Å². The Morgan fingerprint density at radius 1 is 1.00 bits per heavy atom. The summed E-state index contributed by atoms with van der Waals surface area (Å²) in [6.45, 7) is 10.7. The van der Waals surface area contributed by atoms with Crippen LogP contribution >= 0.6 is 0 Å². The van der Waals surface area contributed by atoms with E-state index in [-0.39, 0.29) is 5.91 Å². The molecule has 0 aliphatic carbocycles. The molecule has 2 aromatic carbocycles. The normalized spacial score (nSPS) is 11.4. The van der Waals surface area contributed by atoms with Gasteiger partial charge in [0, 0.05) is 44.5 Å².